The van der Waals surface area contributed by atoms with Crippen molar-refractivity contribution in [2.45, 2.75) is 13.0 Å². The number of rotatable bonds is 2. The van der Waals surface area contributed by atoms with E-state index in [2.05, 4.69) is 10.6 Å². The number of carbonyl (C=O) groups excluding carboxylic acids is 2. The molecular weight excluding hydrogens is 396 g/mol. The smallest absolute Gasteiger partial charge is 0.217 e. The Kier molecular flexibility index (Phi) is 5.77. The summed E-state index contributed by atoms with van der Waals surface area (Å²) in [5.74, 6) is -0.261. The molecule has 1 atom stereocenters. The molecule has 2 N–H and O–H groups in total. The second-order valence-corrected chi connectivity index (χ2v) is 7.71. The predicted octanol–water partition coefficient (Wildman–Crippen LogP) is 4.44. The SMILES string of the molecule is CC1Oc2ccccc2C(=O)C(=S=C(Nc2ccccc2)Nc2ccccc2)C1=O. The number of Topliss-reactive ketones (excluding diaryl/α,β-unsaturated/α-hetero) is 2. The monoisotopic (exact) mass is 416 g/mol. The molecule has 6 heteroatoms. The standard InChI is InChI=1S/C24H20N2O3S/c1-16-21(27)23(22(28)19-14-8-9-15-20(19)29-16)30-24(25-17-10-4-2-5-11-17)26-18-12-6-3-7-13-18/h2-16,25-26H,1H3. The molecule has 0 spiro atoms. The van der Waals surface area contributed by atoms with E-state index in [1.165, 1.54) is 0 Å². The van der Waals surface area contributed by atoms with E-state index in [9.17, 15) is 9.59 Å². The molecule has 4 rings (SSSR count). The Hall–Kier alpha value is -3.64. The van der Waals surface area contributed by atoms with Gasteiger partial charge in [-0.25, -0.2) is 0 Å². The Morgan fingerprint density at radius 1 is 0.800 bits per heavy atom. The van der Waals surface area contributed by atoms with Gasteiger partial charge in [-0.3, -0.25) is 9.59 Å². The molecule has 0 aromatic heterocycles. The number of para-hydroxylation sites is 3. The molecule has 1 aliphatic rings. The molecule has 3 aromatic rings. The van der Waals surface area contributed by atoms with Crippen LogP contribution in [0.1, 0.15) is 17.3 Å². The van der Waals surface area contributed by atoms with Gasteiger partial charge in [-0.2, -0.15) is 0 Å². The molecule has 1 aliphatic heterocycles. The van der Waals surface area contributed by atoms with E-state index in [0.717, 1.165) is 22.3 Å². The lowest BCUT2D eigenvalue weighted by molar-refractivity contribution is -0.118. The van der Waals surface area contributed by atoms with Crippen molar-refractivity contribution in [3.8, 4) is 5.75 Å². The number of nitrogens with one attached hydrogen (secondary N) is 2. The molecule has 1 heterocycles. The average molecular weight is 417 g/mol. The minimum absolute atomic E-state index is 0.106. The van der Waals surface area contributed by atoms with Gasteiger partial charge in [-0.05, 0) is 43.3 Å². The van der Waals surface area contributed by atoms with Crippen LogP contribution in [0.4, 0.5) is 11.4 Å². The highest BCUT2D eigenvalue weighted by molar-refractivity contribution is 8.01. The third kappa shape index (κ3) is 4.34. The lowest BCUT2D eigenvalue weighted by Gasteiger charge is -2.12. The minimum atomic E-state index is -0.755. The number of ketones is 2. The van der Waals surface area contributed by atoms with E-state index in [-0.39, 0.29) is 16.4 Å². The van der Waals surface area contributed by atoms with E-state index >= 15 is 0 Å². The van der Waals surface area contributed by atoms with Crippen LogP contribution in [0.2, 0.25) is 0 Å². The Balaban J connectivity index is 1.84. The van der Waals surface area contributed by atoms with Gasteiger partial charge in [0.15, 0.2) is 11.2 Å². The molecule has 0 saturated carbocycles. The maximum absolute atomic E-state index is 13.2. The van der Waals surface area contributed by atoms with Crippen LogP contribution in [-0.4, -0.2) is 27.6 Å². The van der Waals surface area contributed by atoms with Crippen LogP contribution in [0.3, 0.4) is 0 Å². The summed E-state index contributed by atoms with van der Waals surface area (Å²) in [5.41, 5.74) is 2.06. The number of benzene rings is 3. The van der Waals surface area contributed by atoms with E-state index in [0.29, 0.717) is 16.4 Å². The van der Waals surface area contributed by atoms with Crippen LogP contribution < -0.4 is 15.4 Å². The normalized spacial score (nSPS) is 15.5. The Morgan fingerprint density at radius 3 is 1.93 bits per heavy atom. The lowest BCUT2D eigenvalue weighted by atomic mass is 10.1. The first-order valence-corrected chi connectivity index (χ1v) is 10.3. The predicted molar refractivity (Wildman–Crippen MR) is 124 cm³/mol. The Morgan fingerprint density at radius 2 is 1.33 bits per heavy atom. The summed E-state index contributed by atoms with van der Waals surface area (Å²) in [5, 5.41) is 7.11. The molecule has 30 heavy (non-hydrogen) atoms. The van der Waals surface area contributed by atoms with Gasteiger partial charge >= 0.3 is 0 Å². The van der Waals surface area contributed by atoms with Crippen molar-refractivity contribution in [3.63, 3.8) is 0 Å². The van der Waals surface area contributed by atoms with Crippen molar-refractivity contribution < 1.29 is 14.3 Å². The summed E-state index contributed by atoms with van der Waals surface area (Å²) >= 11 is 0. The maximum atomic E-state index is 13.2. The van der Waals surface area contributed by atoms with Gasteiger partial charge in [-0.1, -0.05) is 59.5 Å². The van der Waals surface area contributed by atoms with Crippen molar-refractivity contribution in [3.05, 3.63) is 90.5 Å². The van der Waals surface area contributed by atoms with Crippen molar-refractivity contribution in [1.82, 2.24) is 0 Å². The number of hydrogen-bond donors (Lipinski definition) is 2. The number of ether oxygens (including phenoxy) is 1. The quantitative estimate of drug-likeness (QED) is 0.605. The molecule has 0 saturated heterocycles. The lowest BCUT2D eigenvalue weighted by Crippen LogP contribution is -2.32. The van der Waals surface area contributed by atoms with Crippen LogP contribution in [0.15, 0.2) is 84.9 Å². The van der Waals surface area contributed by atoms with Crippen molar-refractivity contribution in [2.24, 2.45) is 0 Å². The first-order chi connectivity index (χ1) is 14.6. The molecule has 1 unspecified atom stereocenters. The first kappa shape index (κ1) is 19.7. The van der Waals surface area contributed by atoms with Crippen LogP contribution in [0.25, 0.3) is 0 Å². The average Bonchev–Trinajstić information content (AvgIpc) is 2.86. The van der Waals surface area contributed by atoms with Gasteiger partial charge < -0.3 is 15.4 Å². The number of hydrogen-bond acceptors (Lipinski definition) is 3. The zero-order valence-electron chi connectivity index (χ0n) is 16.3. The van der Waals surface area contributed by atoms with Gasteiger partial charge in [0.1, 0.15) is 10.6 Å². The molecule has 0 fully saturated rings. The fraction of sp³-hybridized carbons (Fsp3) is 0.0833. The topological polar surface area (TPSA) is 67.4 Å². The summed E-state index contributed by atoms with van der Waals surface area (Å²) in [6.45, 7) is 1.66. The molecule has 150 valence electrons. The fourth-order valence-electron chi connectivity index (χ4n) is 3.01. The second-order valence-electron chi connectivity index (χ2n) is 6.69. The molecule has 3 aromatic carbocycles. The van der Waals surface area contributed by atoms with Crippen LogP contribution in [0.5, 0.6) is 5.75 Å². The fourth-order valence-corrected chi connectivity index (χ4v) is 4.02. The molecular formula is C24H20N2O3S. The largest absolute Gasteiger partial charge is 0.482 e. The van der Waals surface area contributed by atoms with Crippen molar-refractivity contribution in [1.29, 1.82) is 0 Å². The number of anilines is 2. The van der Waals surface area contributed by atoms with Crippen molar-refractivity contribution >= 4 is 43.9 Å². The van der Waals surface area contributed by atoms with Gasteiger partial charge in [-0.15, -0.1) is 0 Å². The van der Waals surface area contributed by atoms with E-state index in [1.807, 2.05) is 60.7 Å². The number of fused-ring (bicyclic) bond motifs is 1. The molecule has 0 radical (unpaired) electrons. The summed E-state index contributed by atoms with van der Waals surface area (Å²) in [7, 11) is 1.08. The molecule has 0 amide bonds. The van der Waals surface area contributed by atoms with Gasteiger partial charge in [0.05, 0.1) is 5.56 Å². The summed E-state index contributed by atoms with van der Waals surface area (Å²) < 4.78 is 5.73. The second kappa shape index (κ2) is 8.80. The van der Waals surface area contributed by atoms with Gasteiger partial charge in [0.2, 0.25) is 11.6 Å². The molecule has 5 nitrogen and oxygen atoms in total. The van der Waals surface area contributed by atoms with Crippen LogP contribution in [0, 0.1) is 0 Å². The zero-order valence-corrected chi connectivity index (χ0v) is 17.1. The summed E-state index contributed by atoms with van der Waals surface area (Å²) in [6, 6.07) is 26.1. The minimum Gasteiger partial charge on any atom is -0.482 e. The third-order valence-corrected chi connectivity index (χ3v) is 5.50. The summed E-state index contributed by atoms with van der Waals surface area (Å²) in [6.07, 6.45) is -0.755. The zero-order chi connectivity index (χ0) is 20.9. The van der Waals surface area contributed by atoms with E-state index in [1.54, 1.807) is 31.2 Å². The van der Waals surface area contributed by atoms with E-state index in [4.69, 9.17) is 4.74 Å². The summed E-state index contributed by atoms with van der Waals surface area (Å²) in [4.78, 5) is 26.3. The Labute approximate surface area is 178 Å². The van der Waals surface area contributed by atoms with Crippen molar-refractivity contribution in [2.75, 3.05) is 10.6 Å². The third-order valence-electron chi connectivity index (χ3n) is 4.50. The van der Waals surface area contributed by atoms with Gasteiger partial charge in [0, 0.05) is 11.4 Å². The highest BCUT2D eigenvalue weighted by Crippen LogP contribution is 2.24. The highest BCUT2D eigenvalue weighted by Gasteiger charge is 2.32. The van der Waals surface area contributed by atoms with Crippen LogP contribution in [-0.2, 0) is 4.79 Å². The number of carbonyl (C=O) groups is 2. The maximum Gasteiger partial charge on any atom is 0.217 e. The Bertz CT molecular complexity index is 1110. The molecule has 0 aliphatic carbocycles. The first-order valence-electron chi connectivity index (χ1n) is 9.52. The van der Waals surface area contributed by atoms with Gasteiger partial charge in [0.25, 0.3) is 0 Å². The molecule has 0 bridgehead atoms. The van der Waals surface area contributed by atoms with E-state index < -0.39 is 6.10 Å². The van der Waals surface area contributed by atoms with Crippen LogP contribution >= 0.6 is 10.9 Å². The highest BCUT2D eigenvalue weighted by atomic mass is 32.1.